The molecule has 0 amide bonds. The Labute approximate surface area is 134 Å². The molecule has 22 heavy (non-hydrogen) atoms. The third-order valence-electron chi connectivity index (χ3n) is 3.48. The third kappa shape index (κ3) is 2.74. The summed E-state index contributed by atoms with van der Waals surface area (Å²) >= 11 is 5.97. The van der Waals surface area contributed by atoms with Gasteiger partial charge in [0.2, 0.25) is 0 Å². The van der Waals surface area contributed by atoms with Crippen LogP contribution in [0.3, 0.4) is 0 Å². The number of benzene rings is 2. The molecule has 0 aliphatic carbocycles. The van der Waals surface area contributed by atoms with Crippen LogP contribution in [0.25, 0.3) is 0 Å². The van der Waals surface area contributed by atoms with Gasteiger partial charge in [-0.3, -0.25) is 4.99 Å². The number of rotatable bonds is 3. The predicted molar refractivity (Wildman–Crippen MR) is 87.0 cm³/mol. The lowest BCUT2D eigenvalue weighted by Crippen LogP contribution is -2.05. The Morgan fingerprint density at radius 1 is 1.05 bits per heavy atom. The molecule has 0 spiro atoms. The van der Waals surface area contributed by atoms with Crippen molar-refractivity contribution in [2.45, 2.75) is 0 Å². The van der Waals surface area contributed by atoms with Gasteiger partial charge in [0.1, 0.15) is 12.4 Å². The molecule has 3 rings (SSSR count). The normalized spacial score (nSPS) is 13.5. The number of aliphatic imine (C=N–C) groups is 1. The van der Waals surface area contributed by atoms with Crippen LogP contribution in [0.15, 0.2) is 41.4 Å². The molecule has 0 aromatic heterocycles. The van der Waals surface area contributed by atoms with Crippen molar-refractivity contribution in [2.75, 3.05) is 27.4 Å². The van der Waals surface area contributed by atoms with E-state index in [0.717, 1.165) is 22.6 Å². The van der Waals surface area contributed by atoms with Crippen molar-refractivity contribution in [1.29, 1.82) is 0 Å². The molecule has 2 aromatic rings. The van der Waals surface area contributed by atoms with Gasteiger partial charge in [-0.2, -0.15) is 0 Å². The number of hydrogen-bond donors (Lipinski definition) is 0. The molecule has 0 radical (unpaired) electrons. The van der Waals surface area contributed by atoms with Gasteiger partial charge in [-0.15, -0.1) is 0 Å². The van der Waals surface area contributed by atoms with Gasteiger partial charge < -0.3 is 14.2 Å². The zero-order chi connectivity index (χ0) is 15.5. The second-order valence-electron chi connectivity index (χ2n) is 4.79. The molecule has 0 unspecified atom stereocenters. The van der Waals surface area contributed by atoms with Crippen molar-refractivity contribution in [1.82, 2.24) is 0 Å². The number of ether oxygens (including phenoxy) is 3. The quantitative estimate of drug-likeness (QED) is 0.868. The molecule has 0 saturated carbocycles. The summed E-state index contributed by atoms with van der Waals surface area (Å²) in [7, 11) is 3.22. The van der Waals surface area contributed by atoms with Gasteiger partial charge in [-0.05, 0) is 18.2 Å². The monoisotopic (exact) mass is 317 g/mol. The fraction of sp³-hybridized carbons (Fsp3) is 0.235. The highest BCUT2D eigenvalue weighted by Gasteiger charge is 2.20. The largest absolute Gasteiger partial charge is 0.493 e. The summed E-state index contributed by atoms with van der Waals surface area (Å²) in [5.41, 5.74) is 2.74. The highest BCUT2D eigenvalue weighted by atomic mass is 35.5. The number of methoxy groups -OCH3 is 2. The minimum Gasteiger partial charge on any atom is -0.493 e. The number of nitrogens with zero attached hydrogens (tertiary/aromatic N) is 1. The van der Waals surface area contributed by atoms with Gasteiger partial charge in [0.25, 0.3) is 0 Å². The summed E-state index contributed by atoms with van der Waals surface area (Å²) in [5, 5.41) is 0.696. The number of fused-ring (bicyclic) bond motifs is 1. The van der Waals surface area contributed by atoms with E-state index in [1.165, 1.54) is 0 Å². The van der Waals surface area contributed by atoms with E-state index in [-0.39, 0.29) is 0 Å². The highest BCUT2D eigenvalue weighted by Crippen LogP contribution is 2.36. The van der Waals surface area contributed by atoms with Crippen LogP contribution in [0.2, 0.25) is 5.02 Å². The van der Waals surface area contributed by atoms with E-state index in [9.17, 15) is 0 Å². The van der Waals surface area contributed by atoms with E-state index < -0.39 is 0 Å². The summed E-state index contributed by atoms with van der Waals surface area (Å²) < 4.78 is 16.5. The fourth-order valence-corrected chi connectivity index (χ4v) is 2.54. The van der Waals surface area contributed by atoms with Crippen LogP contribution in [0, 0.1) is 0 Å². The molecule has 1 aliphatic heterocycles. The molecule has 1 heterocycles. The minimum atomic E-state index is 0.527. The first kappa shape index (κ1) is 14.7. The third-order valence-corrected chi connectivity index (χ3v) is 3.73. The molecule has 5 heteroatoms. The first-order chi connectivity index (χ1) is 10.7. The molecule has 4 nitrogen and oxygen atoms in total. The van der Waals surface area contributed by atoms with Crippen molar-refractivity contribution in [3.63, 3.8) is 0 Å². The van der Waals surface area contributed by atoms with Crippen molar-refractivity contribution in [3.05, 3.63) is 52.5 Å². The molecule has 114 valence electrons. The molecule has 1 aliphatic rings. The Morgan fingerprint density at radius 2 is 1.73 bits per heavy atom. The van der Waals surface area contributed by atoms with Crippen LogP contribution in [-0.4, -0.2) is 33.1 Å². The molecular formula is C17H16ClNO3. The molecule has 0 bridgehead atoms. The van der Waals surface area contributed by atoms with Crippen molar-refractivity contribution >= 4 is 17.3 Å². The predicted octanol–water partition coefficient (Wildman–Crippen LogP) is 3.59. The van der Waals surface area contributed by atoms with E-state index in [4.69, 9.17) is 25.8 Å². The first-order valence-electron chi connectivity index (χ1n) is 6.92. The van der Waals surface area contributed by atoms with E-state index in [1.807, 2.05) is 36.4 Å². The topological polar surface area (TPSA) is 40.0 Å². The van der Waals surface area contributed by atoms with Crippen LogP contribution >= 0.6 is 11.6 Å². The first-order valence-corrected chi connectivity index (χ1v) is 7.30. The van der Waals surface area contributed by atoms with Gasteiger partial charge in [-0.25, -0.2) is 0 Å². The Bertz CT molecular complexity index is 711. The van der Waals surface area contributed by atoms with Crippen LogP contribution in [-0.2, 0) is 0 Å². The molecule has 0 saturated heterocycles. The summed E-state index contributed by atoms with van der Waals surface area (Å²) in [6.45, 7) is 1.12. The lowest BCUT2D eigenvalue weighted by Gasteiger charge is -2.14. The average Bonchev–Trinajstić information content (AvgIpc) is 2.76. The molecule has 0 atom stereocenters. The van der Waals surface area contributed by atoms with E-state index in [0.29, 0.717) is 29.7 Å². The maximum atomic E-state index is 5.97. The Hall–Kier alpha value is -2.20. The van der Waals surface area contributed by atoms with Gasteiger partial charge >= 0.3 is 0 Å². The Morgan fingerprint density at radius 3 is 2.41 bits per heavy atom. The molecular weight excluding hydrogens is 302 g/mol. The lowest BCUT2D eigenvalue weighted by atomic mass is 10.0. The van der Waals surface area contributed by atoms with Gasteiger partial charge in [0.05, 0.1) is 26.5 Å². The van der Waals surface area contributed by atoms with Crippen molar-refractivity contribution in [2.24, 2.45) is 4.99 Å². The second-order valence-corrected chi connectivity index (χ2v) is 5.23. The van der Waals surface area contributed by atoms with Gasteiger partial charge in [-0.1, -0.05) is 23.7 Å². The molecule has 2 aromatic carbocycles. The van der Waals surface area contributed by atoms with E-state index >= 15 is 0 Å². The van der Waals surface area contributed by atoms with Crippen LogP contribution in [0.4, 0.5) is 0 Å². The Balaban J connectivity index is 2.14. The van der Waals surface area contributed by atoms with Gasteiger partial charge in [0, 0.05) is 22.2 Å². The molecule has 0 fully saturated rings. The summed E-state index contributed by atoms with van der Waals surface area (Å²) in [4.78, 5) is 4.65. The minimum absolute atomic E-state index is 0.527. The van der Waals surface area contributed by atoms with E-state index in [2.05, 4.69) is 4.99 Å². The Kier molecular flexibility index (Phi) is 4.20. The van der Waals surface area contributed by atoms with Crippen LogP contribution in [0.1, 0.15) is 11.1 Å². The smallest absolute Gasteiger partial charge is 0.164 e. The summed E-state index contributed by atoms with van der Waals surface area (Å²) in [6.07, 6.45) is 0. The summed E-state index contributed by atoms with van der Waals surface area (Å²) in [6, 6.07) is 11.3. The zero-order valence-electron chi connectivity index (χ0n) is 12.4. The number of halogens is 1. The van der Waals surface area contributed by atoms with Crippen molar-refractivity contribution in [3.8, 4) is 17.2 Å². The zero-order valence-corrected chi connectivity index (χ0v) is 13.2. The van der Waals surface area contributed by atoms with Crippen molar-refractivity contribution < 1.29 is 14.2 Å². The lowest BCUT2D eigenvalue weighted by molar-refractivity contribution is 0.321. The second kappa shape index (κ2) is 6.28. The van der Waals surface area contributed by atoms with Crippen LogP contribution in [0.5, 0.6) is 17.2 Å². The standard InChI is InChI=1S/C17H16ClNO3/c1-20-15-9-13-14(10-16(15)21-2)22-8-7-19-17(13)11-3-5-12(18)6-4-11/h3-6,9-10H,7-8H2,1-2H3. The maximum Gasteiger partial charge on any atom is 0.164 e. The highest BCUT2D eigenvalue weighted by molar-refractivity contribution is 6.30. The van der Waals surface area contributed by atoms with Gasteiger partial charge in [0.15, 0.2) is 11.5 Å². The number of hydrogen-bond acceptors (Lipinski definition) is 4. The fourth-order valence-electron chi connectivity index (χ4n) is 2.42. The average molecular weight is 318 g/mol. The molecule has 0 N–H and O–H groups in total. The maximum absolute atomic E-state index is 5.97. The van der Waals surface area contributed by atoms with E-state index in [1.54, 1.807) is 14.2 Å². The summed E-state index contributed by atoms with van der Waals surface area (Å²) in [5.74, 6) is 2.02. The van der Waals surface area contributed by atoms with Crippen LogP contribution < -0.4 is 14.2 Å². The SMILES string of the molecule is COc1cc2c(cc1OC)C(c1ccc(Cl)cc1)=NCCO2.